The molecule has 1 N–H and O–H groups in total. The predicted octanol–water partition coefficient (Wildman–Crippen LogP) is 4.76. The molecule has 0 saturated carbocycles. The second-order valence-electron chi connectivity index (χ2n) is 5.88. The quantitative estimate of drug-likeness (QED) is 0.260. The maximum atomic E-state index is 12.3. The van der Waals surface area contributed by atoms with Gasteiger partial charge in [-0.25, -0.2) is 4.98 Å². The van der Waals surface area contributed by atoms with Crippen molar-refractivity contribution in [1.82, 2.24) is 15.2 Å². The highest BCUT2D eigenvalue weighted by atomic mass is 32.2. The Morgan fingerprint density at radius 3 is 2.72 bits per heavy atom. The lowest BCUT2D eigenvalue weighted by atomic mass is 10.3. The van der Waals surface area contributed by atoms with Crippen molar-refractivity contribution < 1.29 is 9.72 Å². The fourth-order valence-electron chi connectivity index (χ4n) is 2.59. The zero-order chi connectivity index (χ0) is 20.4. The molecule has 3 aromatic heterocycles. The molecule has 11 heteroatoms. The molecule has 3 heterocycles. The Hall–Kier alpha value is -2.89. The summed E-state index contributed by atoms with van der Waals surface area (Å²) >= 11 is 4.41. The van der Waals surface area contributed by atoms with Gasteiger partial charge in [-0.3, -0.25) is 14.9 Å². The van der Waals surface area contributed by atoms with E-state index in [2.05, 4.69) is 20.5 Å². The number of benzene rings is 1. The molecule has 146 valence electrons. The third-order valence-corrected chi connectivity index (χ3v) is 6.66. The van der Waals surface area contributed by atoms with Crippen molar-refractivity contribution >= 4 is 61.9 Å². The second-order valence-corrected chi connectivity index (χ2v) is 9.00. The van der Waals surface area contributed by atoms with Gasteiger partial charge in [0, 0.05) is 17.8 Å². The highest BCUT2D eigenvalue weighted by molar-refractivity contribution is 8.00. The number of hydrogen-bond acceptors (Lipinski definition) is 9. The van der Waals surface area contributed by atoms with Gasteiger partial charge in [-0.1, -0.05) is 17.8 Å². The van der Waals surface area contributed by atoms with Crippen molar-refractivity contribution in [3.05, 3.63) is 56.9 Å². The minimum atomic E-state index is -0.485. The van der Waals surface area contributed by atoms with Crippen molar-refractivity contribution in [3.63, 3.8) is 0 Å². The highest BCUT2D eigenvalue weighted by Gasteiger charge is 2.17. The summed E-state index contributed by atoms with van der Waals surface area (Å²) in [6.07, 6.45) is 0. The van der Waals surface area contributed by atoms with Crippen LogP contribution < -0.4 is 5.32 Å². The van der Waals surface area contributed by atoms with Crippen LogP contribution in [0.4, 0.5) is 11.4 Å². The molecule has 0 spiro atoms. The number of fused-ring (bicyclic) bond motifs is 1. The second kappa shape index (κ2) is 8.23. The minimum Gasteiger partial charge on any atom is -0.325 e. The maximum absolute atomic E-state index is 12.3. The van der Waals surface area contributed by atoms with Crippen molar-refractivity contribution in [2.75, 3.05) is 11.1 Å². The number of nitro benzene ring substituents is 1. The van der Waals surface area contributed by atoms with Crippen LogP contribution in [0.5, 0.6) is 0 Å². The molecule has 0 bridgehead atoms. The molecule has 0 radical (unpaired) electrons. The molecule has 0 aliphatic rings. The van der Waals surface area contributed by atoms with E-state index in [0.717, 1.165) is 25.8 Å². The number of anilines is 1. The smallest absolute Gasteiger partial charge is 0.269 e. The number of carbonyl (C=O) groups is 1. The van der Waals surface area contributed by atoms with Crippen molar-refractivity contribution in [3.8, 4) is 10.6 Å². The number of carbonyl (C=O) groups excluding carboxylic acids is 1. The molecule has 0 aliphatic carbocycles. The molecule has 8 nitrogen and oxygen atoms in total. The maximum Gasteiger partial charge on any atom is 0.269 e. The molecule has 0 fully saturated rings. The summed E-state index contributed by atoms with van der Waals surface area (Å²) in [7, 11) is 0. The monoisotopic (exact) mass is 443 g/mol. The first kappa shape index (κ1) is 19.4. The van der Waals surface area contributed by atoms with E-state index >= 15 is 0 Å². The van der Waals surface area contributed by atoms with E-state index < -0.39 is 4.92 Å². The van der Waals surface area contributed by atoms with Crippen molar-refractivity contribution in [1.29, 1.82) is 0 Å². The number of thiophene rings is 1. The molecule has 1 aromatic carbocycles. The Morgan fingerprint density at radius 1 is 1.24 bits per heavy atom. The highest BCUT2D eigenvalue weighted by Crippen LogP contribution is 2.36. The molecule has 0 saturated heterocycles. The number of amides is 1. The normalized spacial score (nSPS) is 10.9. The van der Waals surface area contributed by atoms with E-state index in [0.29, 0.717) is 10.7 Å². The first-order valence-electron chi connectivity index (χ1n) is 8.36. The Morgan fingerprint density at radius 2 is 2.03 bits per heavy atom. The van der Waals surface area contributed by atoms with Crippen LogP contribution in [0.25, 0.3) is 20.8 Å². The topological polar surface area (TPSA) is 111 Å². The van der Waals surface area contributed by atoms with Gasteiger partial charge >= 0.3 is 0 Å². The zero-order valence-electron chi connectivity index (χ0n) is 15.0. The molecule has 0 unspecified atom stereocenters. The van der Waals surface area contributed by atoms with Crippen molar-refractivity contribution in [2.45, 2.75) is 11.9 Å². The number of rotatable bonds is 6. The first-order valence-corrected chi connectivity index (χ1v) is 11.0. The number of nitrogens with zero attached hydrogens (tertiary/aromatic N) is 4. The summed E-state index contributed by atoms with van der Waals surface area (Å²) in [5, 5.41) is 25.6. The molecule has 4 rings (SSSR count). The van der Waals surface area contributed by atoms with Gasteiger partial charge in [0.2, 0.25) is 5.91 Å². The number of non-ortho nitro benzene ring substituents is 1. The molecular formula is C18H13N5O3S3. The summed E-state index contributed by atoms with van der Waals surface area (Å²) < 4.78 is 0.957. The summed E-state index contributed by atoms with van der Waals surface area (Å²) in [6.45, 7) is 1.93. The largest absolute Gasteiger partial charge is 0.325 e. The van der Waals surface area contributed by atoms with Gasteiger partial charge in [-0.2, -0.15) is 0 Å². The predicted molar refractivity (Wildman–Crippen MR) is 116 cm³/mol. The lowest BCUT2D eigenvalue weighted by molar-refractivity contribution is -0.384. The van der Waals surface area contributed by atoms with Gasteiger partial charge in [0.25, 0.3) is 5.69 Å². The van der Waals surface area contributed by atoms with E-state index in [1.165, 1.54) is 36.0 Å². The fraction of sp³-hybridized carbons (Fsp3) is 0.111. The lowest BCUT2D eigenvalue weighted by Crippen LogP contribution is -2.14. The van der Waals surface area contributed by atoms with Gasteiger partial charge < -0.3 is 5.32 Å². The first-order chi connectivity index (χ1) is 14.0. The van der Waals surface area contributed by atoms with Gasteiger partial charge in [0.15, 0.2) is 0 Å². The summed E-state index contributed by atoms with van der Waals surface area (Å²) in [5.74, 6) is -0.122. The van der Waals surface area contributed by atoms with Crippen LogP contribution in [0.1, 0.15) is 5.01 Å². The van der Waals surface area contributed by atoms with Gasteiger partial charge in [-0.15, -0.1) is 32.9 Å². The number of aryl methyl sites for hydroxylation is 1. The summed E-state index contributed by atoms with van der Waals surface area (Å²) in [5.41, 5.74) is 2.02. The fourth-order valence-corrected chi connectivity index (χ4v) is 5.08. The van der Waals surface area contributed by atoms with Crippen LogP contribution in [-0.4, -0.2) is 31.8 Å². The molecule has 1 amide bonds. The standard InChI is InChI=1S/C18H13N5O3S3/c1-10-19-16-17(29-10)15(13-3-2-8-27-13)21-22-18(16)28-9-14(24)20-11-4-6-12(7-5-11)23(25)26/h2-8H,9H2,1H3,(H,20,24). The molecule has 29 heavy (non-hydrogen) atoms. The molecular weight excluding hydrogens is 430 g/mol. The van der Waals surface area contributed by atoms with Crippen LogP contribution in [0.2, 0.25) is 0 Å². The average Bonchev–Trinajstić information content (AvgIpc) is 3.36. The van der Waals surface area contributed by atoms with Gasteiger partial charge in [-0.05, 0) is 30.5 Å². The van der Waals surface area contributed by atoms with E-state index in [-0.39, 0.29) is 17.3 Å². The van der Waals surface area contributed by atoms with Crippen LogP contribution >= 0.6 is 34.4 Å². The molecule has 0 aliphatic heterocycles. The van der Waals surface area contributed by atoms with Crippen LogP contribution in [-0.2, 0) is 4.79 Å². The van der Waals surface area contributed by atoms with E-state index in [1.54, 1.807) is 22.7 Å². The number of nitrogens with one attached hydrogen (secondary N) is 1. The Bertz CT molecular complexity index is 1190. The molecule has 4 aromatic rings. The van der Waals surface area contributed by atoms with Gasteiger partial charge in [0.1, 0.15) is 16.2 Å². The van der Waals surface area contributed by atoms with Gasteiger partial charge in [0.05, 0.1) is 25.3 Å². The van der Waals surface area contributed by atoms with E-state index in [1.807, 2.05) is 24.4 Å². The van der Waals surface area contributed by atoms with E-state index in [4.69, 9.17) is 0 Å². The Kier molecular flexibility index (Phi) is 5.51. The third kappa shape index (κ3) is 4.26. The number of nitro groups is 1. The van der Waals surface area contributed by atoms with Crippen LogP contribution in [0.15, 0.2) is 46.8 Å². The SMILES string of the molecule is Cc1nc2c(SCC(=O)Nc3ccc([N+](=O)[O-])cc3)nnc(-c3cccs3)c2s1. The number of aromatic nitrogens is 3. The Labute approximate surface area is 177 Å². The lowest BCUT2D eigenvalue weighted by Gasteiger charge is -2.05. The Balaban J connectivity index is 1.49. The minimum absolute atomic E-state index is 0.0280. The molecule has 0 atom stereocenters. The van der Waals surface area contributed by atoms with Crippen LogP contribution in [0, 0.1) is 17.0 Å². The number of thioether (sulfide) groups is 1. The van der Waals surface area contributed by atoms with E-state index in [9.17, 15) is 14.9 Å². The van der Waals surface area contributed by atoms with Crippen LogP contribution in [0.3, 0.4) is 0 Å². The summed E-state index contributed by atoms with van der Waals surface area (Å²) in [6, 6.07) is 9.65. The summed E-state index contributed by atoms with van der Waals surface area (Å²) in [4.78, 5) is 28.1. The number of hydrogen-bond donors (Lipinski definition) is 1. The number of thiazole rings is 1. The third-order valence-electron chi connectivity index (χ3n) is 3.85. The average molecular weight is 444 g/mol. The van der Waals surface area contributed by atoms with Crippen molar-refractivity contribution in [2.24, 2.45) is 0 Å². The zero-order valence-corrected chi connectivity index (χ0v) is 17.4.